The number of benzene rings is 2. The third-order valence-corrected chi connectivity index (χ3v) is 8.09. The van der Waals surface area contributed by atoms with Gasteiger partial charge in [-0.1, -0.05) is 24.0 Å². The molecule has 1 aliphatic heterocycles. The Balaban J connectivity index is 1.30. The highest BCUT2D eigenvalue weighted by Gasteiger charge is 2.26. The van der Waals surface area contributed by atoms with Crippen molar-refractivity contribution in [2.75, 3.05) is 45.4 Å². The molecule has 2 aromatic carbocycles. The number of nitrogens with two attached hydrogens (primary N) is 3. The molecule has 264 valence electrons. The molecular weight excluding hydrogens is 644 g/mol. The van der Waals surface area contributed by atoms with E-state index in [4.69, 9.17) is 36.1 Å². The van der Waals surface area contributed by atoms with E-state index in [1.54, 1.807) is 38.3 Å². The van der Waals surface area contributed by atoms with Crippen LogP contribution in [0.1, 0.15) is 54.3 Å². The Labute approximate surface area is 289 Å². The van der Waals surface area contributed by atoms with Crippen LogP contribution < -0.4 is 26.7 Å². The van der Waals surface area contributed by atoms with Gasteiger partial charge >= 0.3 is 12.1 Å². The van der Waals surface area contributed by atoms with E-state index < -0.39 is 17.5 Å². The summed E-state index contributed by atoms with van der Waals surface area (Å²) in [4.78, 5) is 47.2. The minimum atomic E-state index is -0.633. The Bertz CT molecular complexity index is 2020. The number of piperidine rings is 1. The SMILES string of the molecule is COC(=O)c1cc(OC)c2c(c1)nc(N)n2C/C=C/Cn1c(N)nc2cc(C(N)=O)cc(OCC#CC3CCN(C(=O)OC(C)(C)C)CC3)c21. The van der Waals surface area contributed by atoms with Gasteiger partial charge in [-0.3, -0.25) is 4.79 Å². The van der Waals surface area contributed by atoms with Crippen LogP contribution in [0.3, 0.4) is 0 Å². The van der Waals surface area contributed by atoms with E-state index in [2.05, 4.69) is 21.8 Å². The van der Waals surface area contributed by atoms with Gasteiger partial charge in [0.15, 0.2) is 0 Å². The molecule has 0 spiro atoms. The predicted molar refractivity (Wildman–Crippen MR) is 188 cm³/mol. The number of nitrogens with zero attached hydrogens (tertiary/aromatic N) is 5. The van der Waals surface area contributed by atoms with Gasteiger partial charge in [-0.05, 0) is 57.9 Å². The van der Waals surface area contributed by atoms with Gasteiger partial charge in [-0.15, -0.1) is 0 Å². The Hall–Kier alpha value is -5.91. The number of nitrogen functional groups attached to an aromatic ring is 2. The third kappa shape index (κ3) is 7.86. The molecular formula is C35H42N8O7. The molecule has 15 heteroatoms. The highest BCUT2D eigenvalue weighted by Crippen LogP contribution is 2.32. The number of ether oxygens (including phenoxy) is 4. The van der Waals surface area contributed by atoms with Gasteiger partial charge < -0.3 is 50.2 Å². The van der Waals surface area contributed by atoms with Crippen molar-refractivity contribution in [3.05, 3.63) is 47.5 Å². The Morgan fingerprint density at radius 2 is 1.46 bits per heavy atom. The second-order valence-corrected chi connectivity index (χ2v) is 12.7. The second-order valence-electron chi connectivity index (χ2n) is 12.7. The monoisotopic (exact) mass is 686 g/mol. The molecule has 15 nitrogen and oxygen atoms in total. The van der Waals surface area contributed by atoms with Crippen molar-refractivity contribution < 1.29 is 33.3 Å². The highest BCUT2D eigenvalue weighted by atomic mass is 16.6. The number of carbonyl (C=O) groups excluding carboxylic acids is 3. The molecule has 50 heavy (non-hydrogen) atoms. The van der Waals surface area contributed by atoms with Crippen LogP contribution in [0.4, 0.5) is 16.7 Å². The zero-order valence-corrected chi connectivity index (χ0v) is 28.8. The van der Waals surface area contributed by atoms with Crippen LogP contribution in [0.2, 0.25) is 0 Å². The number of esters is 1. The lowest BCUT2D eigenvalue weighted by Gasteiger charge is -2.31. The van der Waals surface area contributed by atoms with Gasteiger partial charge in [-0.2, -0.15) is 0 Å². The normalized spacial score (nSPS) is 13.7. The van der Waals surface area contributed by atoms with Crippen molar-refractivity contribution in [2.45, 2.75) is 52.3 Å². The number of hydrogen-bond acceptors (Lipinski definition) is 11. The van der Waals surface area contributed by atoms with Gasteiger partial charge in [0.2, 0.25) is 17.8 Å². The van der Waals surface area contributed by atoms with E-state index in [0.717, 1.165) is 12.8 Å². The number of aromatic nitrogens is 4. The first kappa shape index (κ1) is 35.4. The van der Waals surface area contributed by atoms with Gasteiger partial charge in [0.1, 0.15) is 34.7 Å². The van der Waals surface area contributed by atoms with Crippen LogP contribution in [0.15, 0.2) is 36.4 Å². The van der Waals surface area contributed by atoms with E-state index in [1.807, 2.05) is 32.9 Å². The number of imidazole rings is 2. The fourth-order valence-electron chi connectivity index (χ4n) is 5.70. The molecule has 2 amide bonds. The fourth-order valence-corrected chi connectivity index (χ4v) is 5.70. The van der Waals surface area contributed by atoms with Crippen LogP contribution in [-0.4, -0.2) is 81.5 Å². The summed E-state index contributed by atoms with van der Waals surface area (Å²) in [5.74, 6) is 6.52. The molecule has 4 aromatic rings. The molecule has 5 rings (SSSR count). The van der Waals surface area contributed by atoms with Crippen LogP contribution in [0.25, 0.3) is 22.1 Å². The lowest BCUT2D eigenvalue weighted by molar-refractivity contribution is 0.0199. The average Bonchev–Trinajstić information content (AvgIpc) is 3.57. The van der Waals surface area contributed by atoms with E-state index >= 15 is 0 Å². The second kappa shape index (κ2) is 14.7. The first-order valence-electron chi connectivity index (χ1n) is 16.0. The maximum Gasteiger partial charge on any atom is 0.410 e. The van der Waals surface area contributed by atoms with Gasteiger partial charge in [0.05, 0.1) is 30.8 Å². The van der Waals surface area contributed by atoms with Gasteiger partial charge in [-0.25, -0.2) is 19.6 Å². The number of fused-ring (bicyclic) bond motifs is 2. The maximum atomic E-state index is 12.4. The van der Waals surface area contributed by atoms with Crippen LogP contribution in [0, 0.1) is 17.8 Å². The number of amides is 2. The number of rotatable bonds is 9. The number of primary amides is 1. The summed E-state index contributed by atoms with van der Waals surface area (Å²) in [6.45, 7) is 7.37. The average molecular weight is 687 g/mol. The number of methoxy groups -OCH3 is 2. The Morgan fingerprint density at radius 1 is 0.900 bits per heavy atom. The topological polar surface area (TPSA) is 205 Å². The smallest absolute Gasteiger partial charge is 0.410 e. The summed E-state index contributed by atoms with van der Waals surface area (Å²) in [7, 11) is 2.80. The van der Waals surface area contributed by atoms with E-state index in [0.29, 0.717) is 65.3 Å². The minimum Gasteiger partial charge on any atom is -0.494 e. The minimum absolute atomic E-state index is 0.0526. The first-order chi connectivity index (χ1) is 23.8. The van der Waals surface area contributed by atoms with Gasteiger partial charge in [0.25, 0.3) is 0 Å². The van der Waals surface area contributed by atoms with Crippen molar-refractivity contribution >= 4 is 51.9 Å². The van der Waals surface area contributed by atoms with E-state index in [-0.39, 0.29) is 36.1 Å². The van der Waals surface area contributed by atoms with Crippen LogP contribution in [-0.2, 0) is 22.6 Å². The Morgan fingerprint density at radius 3 is 2.00 bits per heavy atom. The molecule has 0 aliphatic carbocycles. The molecule has 0 bridgehead atoms. The molecule has 0 atom stereocenters. The Kier molecular flexibility index (Phi) is 10.4. The zero-order valence-electron chi connectivity index (χ0n) is 28.8. The summed E-state index contributed by atoms with van der Waals surface area (Å²) in [6.07, 6.45) is 4.91. The van der Waals surface area contributed by atoms with Crippen LogP contribution >= 0.6 is 0 Å². The highest BCUT2D eigenvalue weighted by molar-refractivity contribution is 5.99. The summed E-state index contributed by atoms with van der Waals surface area (Å²) in [5, 5.41) is 0. The van der Waals surface area contributed by atoms with E-state index in [9.17, 15) is 14.4 Å². The molecule has 1 saturated heterocycles. The number of hydrogen-bond donors (Lipinski definition) is 3. The molecule has 6 N–H and O–H groups in total. The largest absolute Gasteiger partial charge is 0.494 e. The summed E-state index contributed by atoms with van der Waals surface area (Å²) in [5.41, 5.74) is 20.3. The summed E-state index contributed by atoms with van der Waals surface area (Å²) in [6, 6.07) is 6.30. The molecule has 1 aliphatic rings. The first-order valence-corrected chi connectivity index (χ1v) is 16.0. The zero-order chi connectivity index (χ0) is 36.2. The maximum absolute atomic E-state index is 12.4. The van der Waals surface area contributed by atoms with Crippen molar-refractivity contribution in [3.63, 3.8) is 0 Å². The fraction of sp³-hybridized carbons (Fsp3) is 0.400. The number of allylic oxidation sites excluding steroid dienone is 2. The van der Waals surface area contributed by atoms with E-state index in [1.165, 1.54) is 14.2 Å². The standard InChI is InChI=1S/C35H42N8O7/c1-35(2,3)50-34(46)41-14-10-21(11-15-41)9-8-16-49-27-19-22(30(36)44)17-24-29(27)43(33(38)39-24)13-7-6-12-42-28-25(40-32(42)37)18-23(31(45)48-5)20-26(28)47-4/h6-7,17-21H,10-16H2,1-5H3,(H2,36,44)(H2,37,40)(H2,38,39)/b7-6+. The molecule has 3 heterocycles. The molecule has 0 unspecified atom stereocenters. The molecule has 0 radical (unpaired) electrons. The lowest BCUT2D eigenvalue weighted by atomic mass is 9.98. The van der Waals surface area contributed by atoms with Crippen LogP contribution in [0.5, 0.6) is 11.5 Å². The summed E-state index contributed by atoms with van der Waals surface area (Å²) >= 11 is 0. The molecule has 2 aromatic heterocycles. The van der Waals surface area contributed by atoms with Crippen molar-refractivity contribution in [3.8, 4) is 23.3 Å². The quantitative estimate of drug-likeness (QED) is 0.131. The third-order valence-electron chi connectivity index (χ3n) is 8.09. The number of anilines is 2. The molecule has 1 fully saturated rings. The lowest BCUT2D eigenvalue weighted by Crippen LogP contribution is -2.41. The predicted octanol–water partition coefficient (Wildman–Crippen LogP) is 3.73. The number of carbonyl (C=O) groups is 3. The van der Waals surface area contributed by atoms with Crippen molar-refractivity contribution in [1.82, 2.24) is 24.0 Å². The van der Waals surface area contributed by atoms with Crippen molar-refractivity contribution in [2.24, 2.45) is 11.7 Å². The summed E-state index contributed by atoms with van der Waals surface area (Å²) < 4.78 is 25.4. The van der Waals surface area contributed by atoms with Crippen molar-refractivity contribution in [1.29, 1.82) is 0 Å². The number of likely N-dealkylation sites (tertiary alicyclic amines) is 1. The molecule has 0 saturated carbocycles. The van der Waals surface area contributed by atoms with Gasteiger partial charge in [0, 0.05) is 37.7 Å².